The fourth-order valence-corrected chi connectivity index (χ4v) is 3.67. The lowest BCUT2D eigenvalue weighted by atomic mass is 10.2. The van der Waals surface area contributed by atoms with Crippen molar-refractivity contribution in [3.63, 3.8) is 0 Å². The highest BCUT2D eigenvalue weighted by atomic mass is 32.2. The second-order valence-corrected chi connectivity index (χ2v) is 10.0. The summed E-state index contributed by atoms with van der Waals surface area (Å²) in [5, 5.41) is 0. The van der Waals surface area contributed by atoms with Gasteiger partial charge in [-0.3, -0.25) is 0 Å². The van der Waals surface area contributed by atoms with Gasteiger partial charge < -0.3 is 9.31 Å². The molecule has 0 N–H and O–H groups in total. The van der Waals surface area contributed by atoms with Gasteiger partial charge in [0.05, 0.1) is 11.5 Å². The van der Waals surface area contributed by atoms with Gasteiger partial charge >= 0.3 is 7.69 Å². The molecule has 0 saturated carbocycles. The van der Waals surface area contributed by atoms with Crippen LogP contribution in [0.2, 0.25) is 0 Å². The Kier molecular flexibility index (Phi) is 6.13. The van der Waals surface area contributed by atoms with Gasteiger partial charge in [0.1, 0.15) is 11.5 Å². The van der Waals surface area contributed by atoms with Gasteiger partial charge in [-0.2, -0.15) is 0 Å². The molecule has 0 aliphatic rings. The largest absolute Gasteiger partial charge is 0.658 e. The Morgan fingerprint density at radius 1 is 0.680 bits per heavy atom. The molecule has 0 spiro atoms. The molecule has 0 heterocycles. The van der Waals surface area contributed by atoms with E-state index in [-0.39, 0.29) is 11.5 Å². The summed E-state index contributed by atoms with van der Waals surface area (Å²) in [5.41, 5.74) is 1.36. The van der Waals surface area contributed by atoms with E-state index in [1.54, 1.807) is 48.5 Å². The van der Waals surface area contributed by atoms with E-state index >= 15 is 0 Å². The van der Waals surface area contributed by atoms with Crippen molar-refractivity contribution in [2.45, 2.75) is 11.5 Å². The first-order chi connectivity index (χ1) is 11.6. The third kappa shape index (κ3) is 7.62. The molecule has 133 valence electrons. The molecule has 0 amide bonds. The molecule has 2 rings (SSSR count). The summed E-state index contributed by atoms with van der Waals surface area (Å²) in [6.07, 6.45) is 2.36. The van der Waals surface area contributed by atoms with Gasteiger partial charge in [0.25, 0.3) is 0 Å². The van der Waals surface area contributed by atoms with E-state index in [9.17, 15) is 16.8 Å². The Morgan fingerprint density at radius 2 is 1.00 bits per heavy atom. The third-order valence-electron chi connectivity index (χ3n) is 3.07. The Bertz CT molecular complexity index is 827. The molecular formula is C16H18BO6S2. The summed E-state index contributed by atoms with van der Waals surface area (Å²) < 4.78 is 55.5. The van der Waals surface area contributed by atoms with Crippen LogP contribution in [0.5, 0.6) is 11.5 Å². The quantitative estimate of drug-likeness (QED) is 0.648. The maximum Gasteiger partial charge on any atom is 0.658 e. The van der Waals surface area contributed by atoms with Crippen molar-refractivity contribution in [2.75, 3.05) is 12.5 Å². The Labute approximate surface area is 148 Å². The topological polar surface area (TPSA) is 86.7 Å². The highest BCUT2D eigenvalue weighted by Crippen LogP contribution is 2.16. The monoisotopic (exact) mass is 381 g/mol. The van der Waals surface area contributed by atoms with Crippen molar-refractivity contribution in [3.05, 3.63) is 59.7 Å². The van der Waals surface area contributed by atoms with E-state index in [2.05, 4.69) is 0 Å². The minimum atomic E-state index is -3.07. The molecule has 0 aliphatic heterocycles. The fourth-order valence-electron chi connectivity index (χ4n) is 2.07. The molecule has 0 aliphatic carbocycles. The van der Waals surface area contributed by atoms with Crippen molar-refractivity contribution >= 4 is 27.4 Å². The highest BCUT2D eigenvalue weighted by molar-refractivity contribution is 7.90. The van der Waals surface area contributed by atoms with Crippen LogP contribution >= 0.6 is 0 Å². The first kappa shape index (κ1) is 19.3. The number of rotatable bonds is 8. The summed E-state index contributed by atoms with van der Waals surface area (Å²) in [7, 11) is -4.99. The van der Waals surface area contributed by atoms with Crippen LogP contribution in [0.4, 0.5) is 0 Å². The molecule has 0 bridgehead atoms. The molecule has 6 nitrogen and oxygen atoms in total. The molecule has 2 aromatic carbocycles. The van der Waals surface area contributed by atoms with E-state index in [4.69, 9.17) is 9.31 Å². The Hall–Kier alpha value is -2.00. The highest BCUT2D eigenvalue weighted by Gasteiger charge is 2.07. The maximum absolute atomic E-state index is 11.2. The molecule has 9 heteroatoms. The molecule has 0 aromatic heterocycles. The van der Waals surface area contributed by atoms with E-state index in [1.807, 2.05) is 0 Å². The Morgan fingerprint density at radius 3 is 1.28 bits per heavy atom. The lowest BCUT2D eigenvalue weighted by molar-refractivity contribution is 0.459. The summed E-state index contributed by atoms with van der Waals surface area (Å²) in [6, 6.07) is 13.3. The number of hydrogen-bond donors (Lipinski definition) is 0. The molecule has 1 radical (unpaired) electrons. The zero-order valence-corrected chi connectivity index (χ0v) is 15.5. The lowest BCUT2D eigenvalue weighted by Gasteiger charge is -2.08. The second kappa shape index (κ2) is 7.92. The van der Waals surface area contributed by atoms with Crippen LogP contribution in [0.25, 0.3) is 0 Å². The maximum atomic E-state index is 11.2. The minimum absolute atomic E-state index is 0.0205. The smallest absolute Gasteiger partial charge is 0.526 e. The van der Waals surface area contributed by atoms with Gasteiger partial charge in [-0.15, -0.1) is 0 Å². The van der Waals surface area contributed by atoms with E-state index in [1.165, 1.54) is 12.5 Å². The van der Waals surface area contributed by atoms with Crippen molar-refractivity contribution in [2.24, 2.45) is 0 Å². The summed E-state index contributed by atoms with van der Waals surface area (Å²) in [4.78, 5) is 0. The van der Waals surface area contributed by atoms with Crippen LogP contribution in [0, 0.1) is 0 Å². The van der Waals surface area contributed by atoms with Gasteiger partial charge in [-0.25, -0.2) is 16.8 Å². The molecular weight excluding hydrogens is 363 g/mol. The number of benzene rings is 2. The predicted molar refractivity (Wildman–Crippen MR) is 97.0 cm³/mol. The molecule has 0 saturated heterocycles. The van der Waals surface area contributed by atoms with Crippen molar-refractivity contribution in [1.82, 2.24) is 0 Å². The standard InChI is InChI=1S/C16H18BO6S2/c1-24(18,19)11-13-3-7-15(8-4-13)22-17-23-16-9-5-14(6-10-16)12-25(2,20)21/h3-10H,11-12H2,1-2H3. The van der Waals surface area contributed by atoms with Crippen LogP contribution in [-0.4, -0.2) is 37.0 Å². The Balaban J connectivity index is 1.84. The van der Waals surface area contributed by atoms with Crippen molar-refractivity contribution in [3.8, 4) is 11.5 Å². The van der Waals surface area contributed by atoms with Crippen LogP contribution in [0.3, 0.4) is 0 Å². The van der Waals surface area contributed by atoms with Crippen LogP contribution in [0.15, 0.2) is 48.5 Å². The van der Waals surface area contributed by atoms with E-state index in [0.29, 0.717) is 22.6 Å². The number of sulfone groups is 2. The minimum Gasteiger partial charge on any atom is -0.526 e. The summed E-state index contributed by atoms with van der Waals surface area (Å²) in [6.45, 7) is 0. The van der Waals surface area contributed by atoms with E-state index in [0.717, 1.165) is 7.69 Å². The average Bonchev–Trinajstić information content (AvgIpc) is 2.48. The first-order valence-corrected chi connectivity index (χ1v) is 11.4. The van der Waals surface area contributed by atoms with Crippen LogP contribution < -0.4 is 9.31 Å². The first-order valence-electron chi connectivity index (χ1n) is 7.29. The van der Waals surface area contributed by atoms with Gasteiger partial charge in [0.15, 0.2) is 19.7 Å². The zero-order valence-electron chi connectivity index (χ0n) is 13.9. The molecule has 2 aromatic rings. The normalized spacial score (nSPS) is 11.8. The SMILES string of the molecule is CS(=O)(=O)Cc1ccc(O[B]Oc2ccc(CS(C)(=O)=O)cc2)cc1. The zero-order chi connectivity index (χ0) is 18.5. The van der Waals surface area contributed by atoms with Gasteiger partial charge in [-0.1, -0.05) is 24.3 Å². The fraction of sp³-hybridized carbons (Fsp3) is 0.250. The van der Waals surface area contributed by atoms with Gasteiger partial charge in [0, 0.05) is 12.5 Å². The summed E-state index contributed by atoms with van der Waals surface area (Å²) in [5.74, 6) is 0.970. The van der Waals surface area contributed by atoms with Crippen LogP contribution in [0.1, 0.15) is 11.1 Å². The van der Waals surface area contributed by atoms with Gasteiger partial charge in [0.2, 0.25) is 0 Å². The third-order valence-corrected chi connectivity index (χ3v) is 4.79. The molecule has 0 unspecified atom stereocenters. The number of hydrogen-bond acceptors (Lipinski definition) is 6. The average molecular weight is 381 g/mol. The van der Waals surface area contributed by atoms with Crippen molar-refractivity contribution in [1.29, 1.82) is 0 Å². The van der Waals surface area contributed by atoms with Crippen molar-refractivity contribution < 1.29 is 26.1 Å². The molecule has 0 fully saturated rings. The molecule has 25 heavy (non-hydrogen) atoms. The molecule has 0 atom stereocenters. The predicted octanol–water partition coefficient (Wildman–Crippen LogP) is 1.77. The second-order valence-electron chi connectivity index (χ2n) is 5.76. The summed E-state index contributed by atoms with van der Waals surface area (Å²) >= 11 is 0. The van der Waals surface area contributed by atoms with Gasteiger partial charge in [-0.05, 0) is 35.4 Å². The van der Waals surface area contributed by atoms with E-state index < -0.39 is 19.7 Å². The lowest BCUT2D eigenvalue weighted by Crippen LogP contribution is -2.11. The van der Waals surface area contributed by atoms with Crippen LogP contribution in [-0.2, 0) is 31.2 Å².